The first-order valence-electron chi connectivity index (χ1n) is 8.00. The topological polar surface area (TPSA) is 55.7 Å². The zero-order chi connectivity index (χ0) is 17.8. The van der Waals surface area contributed by atoms with Crippen LogP contribution in [0, 0.1) is 13.8 Å². The highest BCUT2D eigenvalue weighted by molar-refractivity contribution is 5.86. The van der Waals surface area contributed by atoms with Crippen LogP contribution in [0.5, 0.6) is 11.5 Å². The quantitative estimate of drug-likeness (QED) is 0.557. The maximum Gasteiger partial charge on any atom is 0.147 e. The first kappa shape index (κ1) is 16.8. The molecule has 128 valence electrons. The number of aromatic nitrogens is 1. The third-order valence-electron chi connectivity index (χ3n) is 3.99. The van der Waals surface area contributed by atoms with Gasteiger partial charge in [0.15, 0.2) is 0 Å². The van der Waals surface area contributed by atoms with Crippen molar-refractivity contribution in [3.8, 4) is 11.5 Å². The summed E-state index contributed by atoms with van der Waals surface area (Å²) in [5, 5.41) is 5.44. The fourth-order valence-electron chi connectivity index (χ4n) is 2.67. The van der Waals surface area contributed by atoms with Crippen LogP contribution in [0.4, 0.5) is 5.82 Å². The summed E-state index contributed by atoms with van der Waals surface area (Å²) >= 11 is 0. The third-order valence-corrected chi connectivity index (χ3v) is 3.99. The second-order valence-electron chi connectivity index (χ2n) is 5.82. The van der Waals surface area contributed by atoms with Gasteiger partial charge in [0, 0.05) is 10.9 Å². The lowest BCUT2D eigenvalue weighted by atomic mass is 10.1. The Morgan fingerprint density at radius 1 is 1.00 bits per heavy atom. The third kappa shape index (κ3) is 3.71. The molecule has 3 aromatic rings. The Morgan fingerprint density at radius 3 is 2.60 bits per heavy atom. The monoisotopic (exact) mass is 335 g/mol. The highest BCUT2D eigenvalue weighted by Gasteiger charge is 2.04. The second kappa shape index (κ2) is 7.21. The van der Waals surface area contributed by atoms with E-state index in [-0.39, 0.29) is 0 Å². The molecule has 0 spiro atoms. The van der Waals surface area contributed by atoms with Gasteiger partial charge in [0.05, 0.1) is 26.0 Å². The van der Waals surface area contributed by atoms with Crippen LogP contribution >= 0.6 is 0 Å². The van der Waals surface area contributed by atoms with Crippen molar-refractivity contribution in [3.63, 3.8) is 0 Å². The zero-order valence-corrected chi connectivity index (χ0v) is 14.8. The van der Waals surface area contributed by atoms with Crippen molar-refractivity contribution in [3.05, 3.63) is 59.2 Å². The number of fused-ring (bicyclic) bond motifs is 1. The van der Waals surface area contributed by atoms with E-state index >= 15 is 0 Å². The Bertz CT molecular complexity index is 936. The summed E-state index contributed by atoms with van der Waals surface area (Å²) in [7, 11) is 3.26. The first-order valence-corrected chi connectivity index (χ1v) is 8.00. The lowest BCUT2D eigenvalue weighted by Gasteiger charge is -2.08. The van der Waals surface area contributed by atoms with Crippen molar-refractivity contribution in [1.82, 2.24) is 4.98 Å². The summed E-state index contributed by atoms with van der Waals surface area (Å²) in [5.41, 5.74) is 7.14. The smallest absolute Gasteiger partial charge is 0.147 e. The van der Waals surface area contributed by atoms with Gasteiger partial charge in [-0.3, -0.25) is 5.43 Å². The summed E-state index contributed by atoms with van der Waals surface area (Å²) in [6.07, 6.45) is 1.69. The molecular weight excluding hydrogens is 314 g/mol. The molecule has 25 heavy (non-hydrogen) atoms. The molecule has 0 aliphatic heterocycles. The number of nitrogens with one attached hydrogen (secondary N) is 1. The highest BCUT2D eigenvalue weighted by atomic mass is 16.5. The van der Waals surface area contributed by atoms with E-state index in [4.69, 9.17) is 9.47 Å². The minimum atomic E-state index is 0.701. The number of methoxy groups -OCH3 is 2. The Hall–Kier alpha value is -3.08. The number of pyridine rings is 1. The van der Waals surface area contributed by atoms with Crippen LogP contribution in [0.2, 0.25) is 0 Å². The molecule has 5 heteroatoms. The number of hydrogen-bond acceptors (Lipinski definition) is 5. The van der Waals surface area contributed by atoms with Crippen molar-refractivity contribution < 1.29 is 9.47 Å². The molecule has 1 N–H and O–H groups in total. The van der Waals surface area contributed by atoms with E-state index in [1.807, 2.05) is 30.3 Å². The predicted octanol–water partition coefficient (Wildman–Crippen LogP) is 4.31. The molecule has 0 saturated heterocycles. The van der Waals surface area contributed by atoms with Gasteiger partial charge in [0.1, 0.15) is 17.3 Å². The lowest BCUT2D eigenvalue weighted by Crippen LogP contribution is -1.97. The first-order chi connectivity index (χ1) is 12.1. The van der Waals surface area contributed by atoms with Crippen LogP contribution in [0.15, 0.2) is 47.6 Å². The number of aryl methyl sites for hydroxylation is 2. The van der Waals surface area contributed by atoms with E-state index in [9.17, 15) is 0 Å². The molecule has 3 rings (SSSR count). The Labute approximate surface area is 147 Å². The summed E-state index contributed by atoms with van der Waals surface area (Å²) in [5.74, 6) is 2.17. The fraction of sp³-hybridized carbons (Fsp3) is 0.200. The summed E-state index contributed by atoms with van der Waals surface area (Å²) in [6.45, 7) is 4.15. The van der Waals surface area contributed by atoms with Gasteiger partial charge in [-0.25, -0.2) is 4.98 Å². The average Bonchev–Trinajstić information content (AvgIpc) is 2.62. The van der Waals surface area contributed by atoms with E-state index in [2.05, 4.69) is 41.5 Å². The second-order valence-corrected chi connectivity index (χ2v) is 5.82. The van der Waals surface area contributed by atoms with Gasteiger partial charge in [-0.05, 0) is 55.8 Å². The Balaban J connectivity index is 1.85. The minimum absolute atomic E-state index is 0.701. The van der Waals surface area contributed by atoms with Crippen LogP contribution in [-0.4, -0.2) is 25.4 Å². The van der Waals surface area contributed by atoms with E-state index in [0.29, 0.717) is 5.82 Å². The molecule has 0 aliphatic rings. The van der Waals surface area contributed by atoms with Crippen LogP contribution in [0.3, 0.4) is 0 Å². The molecule has 0 bridgehead atoms. The normalized spacial score (nSPS) is 11.0. The SMILES string of the molecule is COc1ccc(OC)c(C=NNc2cc(C)c3cc(C)ccc3n2)c1. The van der Waals surface area contributed by atoms with Crippen molar-refractivity contribution in [2.75, 3.05) is 19.6 Å². The maximum atomic E-state index is 5.35. The molecule has 0 amide bonds. The van der Waals surface area contributed by atoms with Gasteiger partial charge in [0.25, 0.3) is 0 Å². The molecule has 0 unspecified atom stereocenters. The van der Waals surface area contributed by atoms with Crippen molar-refractivity contribution in [1.29, 1.82) is 0 Å². The number of anilines is 1. The van der Waals surface area contributed by atoms with Gasteiger partial charge in [-0.2, -0.15) is 5.10 Å². The molecule has 0 atom stereocenters. The maximum absolute atomic E-state index is 5.35. The van der Waals surface area contributed by atoms with Crippen LogP contribution in [0.1, 0.15) is 16.7 Å². The highest BCUT2D eigenvalue weighted by Crippen LogP contribution is 2.23. The van der Waals surface area contributed by atoms with E-state index in [1.165, 1.54) is 5.56 Å². The fourth-order valence-corrected chi connectivity index (χ4v) is 2.67. The summed E-state index contributed by atoms with van der Waals surface area (Å²) < 4.78 is 10.6. The number of ether oxygens (including phenoxy) is 2. The van der Waals surface area contributed by atoms with Gasteiger partial charge < -0.3 is 9.47 Å². The van der Waals surface area contributed by atoms with Gasteiger partial charge in [-0.15, -0.1) is 0 Å². The van der Waals surface area contributed by atoms with E-state index < -0.39 is 0 Å². The van der Waals surface area contributed by atoms with Crippen LogP contribution < -0.4 is 14.9 Å². The molecule has 5 nitrogen and oxygen atoms in total. The number of rotatable bonds is 5. The Morgan fingerprint density at radius 2 is 1.84 bits per heavy atom. The standard InChI is InChI=1S/C20H21N3O2/c1-13-5-7-18-17(9-13)14(2)10-20(22-18)23-21-12-15-11-16(24-3)6-8-19(15)25-4/h5-12H,1-4H3,(H,22,23). The molecule has 1 heterocycles. The number of benzene rings is 2. The molecule has 0 saturated carbocycles. The number of nitrogens with zero attached hydrogens (tertiary/aromatic N) is 2. The number of hydrazone groups is 1. The molecule has 2 aromatic carbocycles. The summed E-state index contributed by atoms with van der Waals surface area (Å²) in [6, 6.07) is 13.8. The molecular formula is C20H21N3O2. The number of hydrogen-bond donors (Lipinski definition) is 1. The Kier molecular flexibility index (Phi) is 4.84. The lowest BCUT2D eigenvalue weighted by molar-refractivity contribution is 0.402. The van der Waals surface area contributed by atoms with E-state index in [0.717, 1.165) is 33.5 Å². The van der Waals surface area contributed by atoms with Gasteiger partial charge in [0.2, 0.25) is 0 Å². The van der Waals surface area contributed by atoms with Crippen molar-refractivity contribution in [2.24, 2.45) is 5.10 Å². The van der Waals surface area contributed by atoms with Crippen LogP contribution in [0.25, 0.3) is 10.9 Å². The largest absolute Gasteiger partial charge is 0.497 e. The minimum Gasteiger partial charge on any atom is -0.497 e. The van der Waals surface area contributed by atoms with Crippen molar-refractivity contribution >= 4 is 22.9 Å². The van der Waals surface area contributed by atoms with Gasteiger partial charge in [-0.1, -0.05) is 11.6 Å². The molecule has 0 fully saturated rings. The zero-order valence-electron chi connectivity index (χ0n) is 14.8. The van der Waals surface area contributed by atoms with E-state index in [1.54, 1.807) is 20.4 Å². The van der Waals surface area contributed by atoms with Crippen molar-refractivity contribution in [2.45, 2.75) is 13.8 Å². The molecule has 1 aromatic heterocycles. The molecule has 0 aliphatic carbocycles. The van der Waals surface area contributed by atoms with Crippen LogP contribution in [-0.2, 0) is 0 Å². The molecule has 0 radical (unpaired) electrons. The average molecular weight is 335 g/mol. The predicted molar refractivity (Wildman–Crippen MR) is 102 cm³/mol. The van der Waals surface area contributed by atoms with Gasteiger partial charge >= 0.3 is 0 Å². The summed E-state index contributed by atoms with van der Waals surface area (Å²) in [4.78, 5) is 4.60.